The van der Waals surface area contributed by atoms with Crippen molar-refractivity contribution in [1.29, 1.82) is 0 Å². The molecule has 10 N–H and O–H groups in total. The summed E-state index contributed by atoms with van der Waals surface area (Å²) in [5.41, 5.74) is 17.3. The average Bonchev–Trinajstić information content (AvgIpc) is 3.52. The number of likely N-dealkylation sites (tertiary alicyclic amines) is 1. The minimum absolute atomic E-state index is 0.164. The largest absolute Gasteiger partial charge is 0.480 e. The lowest BCUT2D eigenvalue weighted by Gasteiger charge is -2.30. The average molecular weight is 509 g/mol. The highest BCUT2D eigenvalue weighted by Gasteiger charge is 2.39. The number of unbranched alkanes of at least 4 members (excludes halogenated alkanes) is 1. The molecule has 4 amide bonds. The number of hydrogen-bond acceptors (Lipinski definition) is 8. The van der Waals surface area contributed by atoms with E-state index in [2.05, 4.69) is 20.6 Å². The molecule has 0 spiro atoms. The van der Waals surface area contributed by atoms with Gasteiger partial charge >= 0.3 is 5.97 Å². The zero-order valence-corrected chi connectivity index (χ0v) is 20.2. The number of aromatic nitrogens is 2. The number of carboxylic acid groups (broad SMARTS) is 1. The Kier molecular flexibility index (Phi) is 11.3. The Morgan fingerprint density at radius 1 is 1.17 bits per heavy atom. The lowest BCUT2D eigenvalue weighted by Crippen LogP contribution is -2.57. The van der Waals surface area contributed by atoms with Gasteiger partial charge in [-0.2, -0.15) is 0 Å². The Morgan fingerprint density at radius 2 is 1.92 bits per heavy atom. The molecule has 4 atom stereocenters. The number of amides is 4. The van der Waals surface area contributed by atoms with Crippen molar-refractivity contribution in [2.24, 2.45) is 17.2 Å². The van der Waals surface area contributed by atoms with Gasteiger partial charge in [-0.15, -0.1) is 0 Å². The molecule has 1 aromatic heterocycles. The number of aliphatic carboxylic acids is 1. The molecule has 0 saturated carbocycles. The summed E-state index contributed by atoms with van der Waals surface area (Å²) in [6.07, 6.45) is 5.24. The fourth-order valence-electron chi connectivity index (χ4n) is 4.07. The van der Waals surface area contributed by atoms with Crippen LogP contribution in [0.5, 0.6) is 0 Å². The van der Waals surface area contributed by atoms with E-state index < -0.39 is 53.8 Å². The second kappa shape index (κ2) is 14.1. The molecule has 14 heteroatoms. The van der Waals surface area contributed by atoms with Gasteiger partial charge in [0, 0.05) is 31.3 Å². The molecular formula is C22H36N8O6. The maximum Gasteiger partial charge on any atom is 0.326 e. The molecule has 1 fully saturated rings. The third-order valence-electron chi connectivity index (χ3n) is 6.03. The van der Waals surface area contributed by atoms with Crippen molar-refractivity contribution in [3.05, 3.63) is 18.2 Å². The monoisotopic (exact) mass is 508 g/mol. The Morgan fingerprint density at radius 3 is 2.53 bits per heavy atom. The maximum atomic E-state index is 13.4. The molecule has 36 heavy (non-hydrogen) atoms. The fraction of sp³-hybridized carbons (Fsp3) is 0.636. The second-order valence-electron chi connectivity index (χ2n) is 8.83. The van der Waals surface area contributed by atoms with Crippen LogP contribution in [0.4, 0.5) is 0 Å². The first kappa shape index (κ1) is 28.7. The van der Waals surface area contributed by atoms with E-state index in [4.69, 9.17) is 17.2 Å². The van der Waals surface area contributed by atoms with E-state index >= 15 is 0 Å². The van der Waals surface area contributed by atoms with Crippen LogP contribution < -0.4 is 27.8 Å². The van der Waals surface area contributed by atoms with E-state index in [-0.39, 0.29) is 25.8 Å². The molecule has 4 unspecified atom stereocenters. The quantitative estimate of drug-likeness (QED) is 0.126. The molecule has 1 saturated heterocycles. The number of primary amides is 1. The molecule has 1 aromatic rings. The van der Waals surface area contributed by atoms with E-state index in [0.717, 1.165) is 0 Å². The van der Waals surface area contributed by atoms with Crippen LogP contribution in [0.1, 0.15) is 50.6 Å². The van der Waals surface area contributed by atoms with Gasteiger partial charge in [-0.1, -0.05) is 0 Å². The third kappa shape index (κ3) is 8.61. The number of nitrogens with zero attached hydrogens (tertiary/aromatic N) is 2. The summed E-state index contributed by atoms with van der Waals surface area (Å²) >= 11 is 0. The van der Waals surface area contributed by atoms with Crippen molar-refractivity contribution in [1.82, 2.24) is 25.5 Å². The molecule has 14 nitrogen and oxygen atoms in total. The van der Waals surface area contributed by atoms with Gasteiger partial charge in [-0.3, -0.25) is 19.2 Å². The standard InChI is InChI=1S/C22H36N8O6/c23-8-2-1-4-15(28-19(32)14(24)10-13-11-26-12-27-13)21(34)30-9-3-5-17(30)20(33)29-16(22(35)36)6-7-18(25)31/h11-12,14-17H,1-10,23-24H2,(H2,25,31)(H,26,27)(H,28,32)(H,29,33)(H,35,36). The van der Waals surface area contributed by atoms with Crippen LogP contribution in [0.2, 0.25) is 0 Å². The van der Waals surface area contributed by atoms with Crippen molar-refractivity contribution in [2.75, 3.05) is 13.1 Å². The molecule has 200 valence electrons. The number of hydrogen-bond donors (Lipinski definition) is 7. The zero-order chi connectivity index (χ0) is 26.7. The molecule has 0 radical (unpaired) electrons. The van der Waals surface area contributed by atoms with Gasteiger partial charge in [0.2, 0.25) is 23.6 Å². The topological polar surface area (TPSA) is 240 Å². The van der Waals surface area contributed by atoms with Crippen molar-refractivity contribution >= 4 is 29.6 Å². The number of nitrogens with one attached hydrogen (secondary N) is 3. The molecule has 0 aliphatic carbocycles. The molecular weight excluding hydrogens is 472 g/mol. The summed E-state index contributed by atoms with van der Waals surface area (Å²) < 4.78 is 0. The number of carbonyl (C=O) groups is 5. The van der Waals surface area contributed by atoms with E-state index in [0.29, 0.717) is 44.3 Å². The highest BCUT2D eigenvalue weighted by molar-refractivity contribution is 5.94. The third-order valence-corrected chi connectivity index (χ3v) is 6.03. The minimum atomic E-state index is -1.32. The second-order valence-corrected chi connectivity index (χ2v) is 8.83. The highest BCUT2D eigenvalue weighted by atomic mass is 16.4. The van der Waals surface area contributed by atoms with Crippen molar-refractivity contribution in [3.8, 4) is 0 Å². The summed E-state index contributed by atoms with van der Waals surface area (Å²) in [4.78, 5) is 69.7. The summed E-state index contributed by atoms with van der Waals surface area (Å²) in [6.45, 7) is 0.699. The predicted molar refractivity (Wildman–Crippen MR) is 128 cm³/mol. The van der Waals surface area contributed by atoms with Gasteiger partial charge in [0.15, 0.2) is 0 Å². The Bertz CT molecular complexity index is 908. The number of carboxylic acids is 1. The Hall–Kier alpha value is -3.52. The van der Waals surface area contributed by atoms with Crippen LogP contribution >= 0.6 is 0 Å². The summed E-state index contributed by atoms with van der Waals surface area (Å²) in [6, 6.07) is -4.06. The van der Waals surface area contributed by atoms with Crippen LogP contribution in [-0.2, 0) is 30.4 Å². The lowest BCUT2D eigenvalue weighted by molar-refractivity contribution is -0.145. The van der Waals surface area contributed by atoms with Crippen LogP contribution in [-0.4, -0.2) is 86.8 Å². The first-order valence-corrected chi connectivity index (χ1v) is 12.0. The van der Waals surface area contributed by atoms with Crippen LogP contribution in [0.15, 0.2) is 12.5 Å². The highest BCUT2D eigenvalue weighted by Crippen LogP contribution is 2.20. The normalized spacial score (nSPS) is 17.7. The number of nitrogens with two attached hydrogens (primary N) is 3. The molecule has 1 aliphatic heterocycles. The summed E-state index contributed by atoms with van der Waals surface area (Å²) in [5.74, 6) is -3.60. The molecule has 2 rings (SSSR count). The number of aromatic amines is 1. The molecule has 1 aliphatic rings. The lowest BCUT2D eigenvalue weighted by atomic mass is 10.1. The van der Waals surface area contributed by atoms with E-state index in [1.54, 1.807) is 6.20 Å². The van der Waals surface area contributed by atoms with E-state index in [1.165, 1.54) is 11.2 Å². The maximum absolute atomic E-state index is 13.4. The number of rotatable bonds is 15. The first-order valence-electron chi connectivity index (χ1n) is 12.0. The number of H-pyrrole nitrogens is 1. The Labute approximate surface area is 208 Å². The smallest absolute Gasteiger partial charge is 0.326 e. The summed E-state index contributed by atoms with van der Waals surface area (Å²) in [5, 5.41) is 14.5. The molecule has 0 aromatic carbocycles. The van der Waals surface area contributed by atoms with E-state index in [1.807, 2.05) is 0 Å². The minimum Gasteiger partial charge on any atom is -0.480 e. The van der Waals surface area contributed by atoms with Gasteiger partial charge in [-0.25, -0.2) is 9.78 Å². The first-order chi connectivity index (χ1) is 17.1. The zero-order valence-electron chi connectivity index (χ0n) is 20.2. The van der Waals surface area contributed by atoms with Gasteiger partial charge in [0.1, 0.15) is 18.1 Å². The van der Waals surface area contributed by atoms with Crippen LogP contribution in [0, 0.1) is 0 Å². The predicted octanol–water partition coefficient (Wildman–Crippen LogP) is -2.28. The number of carbonyl (C=O) groups excluding carboxylic acids is 4. The summed E-state index contributed by atoms with van der Waals surface area (Å²) in [7, 11) is 0. The van der Waals surface area contributed by atoms with Gasteiger partial charge in [0.05, 0.1) is 12.4 Å². The van der Waals surface area contributed by atoms with Gasteiger partial charge in [-0.05, 0) is 45.1 Å². The van der Waals surface area contributed by atoms with E-state index in [9.17, 15) is 29.1 Å². The van der Waals surface area contributed by atoms with Crippen molar-refractivity contribution in [2.45, 2.75) is 75.5 Å². The van der Waals surface area contributed by atoms with Crippen LogP contribution in [0.3, 0.4) is 0 Å². The molecule has 0 bridgehead atoms. The van der Waals surface area contributed by atoms with Gasteiger partial charge < -0.3 is 42.8 Å². The van der Waals surface area contributed by atoms with Crippen molar-refractivity contribution < 1.29 is 29.1 Å². The Balaban J connectivity index is 2.08. The van der Waals surface area contributed by atoms with Crippen LogP contribution in [0.25, 0.3) is 0 Å². The van der Waals surface area contributed by atoms with Gasteiger partial charge in [0.25, 0.3) is 0 Å². The van der Waals surface area contributed by atoms with Crippen molar-refractivity contribution in [3.63, 3.8) is 0 Å². The SMILES string of the molecule is NCCCCC(NC(=O)C(N)Cc1cnc[nH]1)C(=O)N1CCCC1C(=O)NC(CCC(N)=O)C(=O)O. The molecule has 2 heterocycles. The fourth-order valence-corrected chi connectivity index (χ4v) is 4.07. The number of imidazole rings is 1.